The number of sulfonamides is 1. The number of rotatable bonds is 6. The van der Waals surface area contributed by atoms with E-state index >= 15 is 0 Å². The molecule has 0 saturated carbocycles. The summed E-state index contributed by atoms with van der Waals surface area (Å²) >= 11 is 3.51. The summed E-state index contributed by atoms with van der Waals surface area (Å²) in [5.74, 6) is 0.127. The molecule has 1 atom stereocenters. The van der Waals surface area contributed by atoms with Gasteiger partial charge in [-0.15, -0.1) is 0 Å². The number of aryl methyl sites for hydroxylation is 1. The van der Waals surface area contributed by atoms with E-state index in [1.54, 1.807) is 11.6 Å². The Hall–Kier alpha value is -1.84. The van der Waals surface area contributed by atoms with E-state index in [0.717, 1.165) is 36.8 Å². The van der Waals surface area contributed by atoms with E-state index < -0.39 is 10.0 Å². The number of halogens is 1. The second-order valence-electron chi connectivity index (χ2n) is 8.07. The van der Waals surface area contributed by atoms with Gasteiger partial charge in [0.15, 0.2) is 0 Å². The molecule has 30 heavy (non-hydrogen) atoms. The van der Waals surface area contributed by atoms with Crippen molar-refractivity contribution in [3.8, 4) is 0 Å². The minimum Gasteiger partial charge on any atom is -0.371 e. The number of amides is 1. The predicted octanol–water partition coefficient (Wildman–Crippen LogP) is 2.83. The molecule has 0 spiro atoms. The Morgan fingerprint density at radius 1 is 1.20 bits per heavy atom. The molecule has 2 aromatic rings. The predicted molar refractivity (Wildman–Crippen MR) is 120 cm³/mol. The van der Waals surface area contributed by atoms with Gasteiger partial charge in [-0.2, -0.15) is 4.31 Å². The number of nitrogens with zero attached hydrogens (tertiary/aromatic N) is 3. The lowest BCUT2D eigenvalue weighted by molar-refractivity contribution is 0.0940. The average Bonchev–Trinajstić information content (AvgIpc) is 3.47. The van der Waals surface area contributed by atoms with Crippen molar-refractivity contribution >= 4 is 37.5 Å². The third-order valence-electron chi connectivity index (χ3n) is 5.93. The smallest absolute Gasteiger partial charge is 0.267 e. The molecule has 1 N–H and O–H groups in total. The number of benzene rings is 1. The molecule has 3 heterocycles. The molecule has 1 aromatic heterocycles. The summed E-state index contributed by atoms with van der Waals surface area (Å²) in [5, 5.41) is 3.00. The number of anilines is 1. The Labute approximate surface area is 186 Å². The van der Waals surface area contributed by atoms with Crippen molar-refractivity contribution in [1.29, 1.82) is 0 Å². The van der Waals surface area contributed by atoms with Crippen LogP contribution >= 0.6 is 15.9 Å². The number of nitrogens with one attached hydrogen (secondary N) is 1. The van der Waals surface area contributed by atoms with Gasteiger partial charge in [-0.1, -0.05) is 22.0 Å². The summed E-state index contributed by atoms with van der Waals surface area (Å²) in [6, 6.07) is 9.73. The first kappa shape index (κ1) is 21.4. The molecule has 2 aliphatic heterocycles. The van der Waals surface area contributed by atoms with E-state index in [1.165, 1.54) is 22.3 Å². The Morgan fingerprint density at radius 2 is 1.97 bits per heavy atom. The molecule has 1 amide bonds. The van der Waals surface area contributed by atoms with Gasteiger partial charge in [0.2, 0.25) is 10.0 Å². The van der Waals surface area contributed by atoms with Crippen LogP contribution in [0.25, 0.3) is 0 Å². The molecule has 0 bridgehead atoms. The number of hydrogen-bond acceptors (Lipinski definition) is 4. The fourth-order valence-corrected chi connectivity index (χ4v) is 6.19. The molecule has 0 aliphatic carbocycles. The molecule has 2 aliphatic rings. The number of carbonyl (C=O) groups is 1. The molecular formula is C21H27BrN4O3S. The highest BCUT2D eigenvalue weighted by atomic mass is 79.9. The molecule has 7 nitrogen and oxygen atoms in total. The molecule has 1 unspecified atom stereocenters. The largest absolute Gasteiger partial charge is 0.371 e. The first-order valence-corrected chi connectivity index (χ1v) is 12.5. The van der Waals surface area contributed by atoms with Gasteiger partial charge < -0.3 is 14.8 Å². The highest BCUT2D eigenvalue weighted by molar-refractivity contribution is 9.10. The van der Waals surface area contributed by atoms with Crippen molar-refractivity contribution in [1.82, 2.24) is 14.2 Å². The van der Waals surface area contributed by atoms with Crippen molar-refractivity contribution in [2.75, 3.05) is 37.6 Å². The lowest BCUT2D eigenvalue weighted by Gasteiger charge is -2.19. The highest BCUT2D eigenvalue weighted by Crippen LogP contribution is 2.26. The standard InChI is InChI=1S/C21H27BrN4O3S/c1-24-15-19(30(28,29)26-8-2-3-9-26)12-20(24)21(27)23-13-16-7-10-25(14-16)18-6-4-5-17(22)11-18/h4-6,11-12,15-16H,2-3,7-10,13-14H2,1H3,(H,23,27). The molecule has 9 heteroatoms. The Balaban J connectivity index is 1.36. The number of aromatic nitrogens is 1. The molecule has 2 saturated heterocycles. The van der Waals surface area contributed by atoms with E-state index in [0.29, 0.717) is 31.2 Å². The summed E-state index contributed by atoms with van der Waals surface area (Å²) in [6.45, 7) is 3.52. The van der Waals surface area contributed by atoms with Crippen LogP contribution < -0.4 is 10.2 Å². The average molecular weight is 495 g/mol. The molecule has 1 aromatic carbocycles. The SMILES string of the molecule is Cn1cc(S(=O)(=O)N2CCCC2)cc1C(=O)NCC1CCN(c2cccc(Br)c2)C1. The lowest BCUT2D eigenvalue weighted by Crippen LogP contribution is -2.32. The van der Waals surface area contributed by atoms with Crippen LogP contribution in [0, 0.1) is 5.92 Å². The van der Waals surface area contributed by atoms with E-state index in [2.05, 4.69) is 38.3 Å². The summed E-state index contributed by atoms with van der Waals surface area (Å²) < 4.78 is 29.7. The van der Waals surface area contributed by atoms with Crippen molar-refractivity contribution < 1.29 is 13.2 Å². The van der Waals surface area contributed by atoms with Gasteiger partial charge in [-0.05, 0) is 49.4 Å². The first-order chi connectivity index (χ1) is 14.3. The van der Waals surface area contributed by atoms with Gasteiger partial charge in [0.1, 0.15) is 10.6 Å². The quantitative estimate of drug-likeness (QED) is 0.669. The monoisotopic (exact) mass is 494 g/mol. The van der Waals surface area contributed by atoms with Gasteiger partial charge in [0, 0.05) is 56.1 Å². The van der Waals surface area contributed by atoms with E-state index in [9.17, 15) is 13.2 Å². The van der Waals surface area contributed by atoms with Crippen LogP contribution in [0.3, 0.4) is 0 Å². The Kier molecular flexibility index (Phi) is 6.22. The third-order valence-corrected chi connectivity index (χ3v) is 8.28. The van der Waals surface area contributed by atoms with Gasteiger partial charge in [-0.3, -0.25) is 4.79 Å². The molecule has 162 valence electrons. The maximum Gasteiger partial charge on any atom is 0.267 e. The summed E-state index contributed by atoms with van der Waals surface area (Å²) in [5.41, 5.74) is 1.55. The topological polar surface area (TPSA) is 74.6 Å². The maximum atomic E-state index is 12.8. The second kappa shape index (κ2) is 8.72. The molecular weight excluding hydrogens is 468 g/mol. The minimum absolute atomic E-state index is 0.193. The zero-order valence-corrected chi connectivity index (χ0v) is 19.5. The minimum atomic E-state index is -3.52. The molecule has 2 fully saturated rings. The summed E-state index contributed by atoms with van der Waals surface area (Å²) in [7, 11) is -1.81. The van der Waals surface area contributed by atoms with Gasteiger partial charge in [0.05, 0.1) is 0 Å². The summed E-state index contributed by atoms with van der Waals surface area (Å²) in [6.07, 6.45) is 4.32. The molecule has 0 radical (unpaired) electrons. The van der Waals surface area contributed by atoms with Crippen LogP contribution in [0.4, 0.5) is 5.69 Å². The fraction of sp³-hybridized carbons (Fsp3) is 0.476. The van der Waals surface area contributed by atoms with Crippen LogP contribution in [-0.4, -0.2) is 55.9 Å². The van der Waals surface area contributed by atoms with Crippen molar-refractivity contribution in [3.63, 3.8) is 0 Å². The van der Waals surface area contributed by atoms with Crippen LogP contribution in [-0.2, 0) is 17.1 Å². The van der Waals surface area contributed by atoms with Crippen molar-refractivity contribution in [2.24, 2.45) is 13.0 Å². The van der Waals surface area contributed by atoms with Crippen LogP contribution in [0.2, 0.25) is 0 Å². The van der Waals surface area contributed by atoms with Gasteiger partial charge >= 0.3 is 0 Å². The fourth-order valence-electron chi connectivity index (χ4n) is 4.21. The van der Waals surface area contributed by atoms with Gasteiger partial charge in [0.25, 0.3) is 5.91 Å². The maximum absolute atomic E-state index is 12.8. The highest BCUT2D eigenvalue weighted by Gasteiger charge is 2.30. The Morgan fingerprint density at radius 3 is 2.70 bits per heavy atom. The van der Waals surface area contributed by atoms with E-state index in [-0.39, 0.29) is 10.8 Å². The normalized spacial score (nSPS) is 20.1. The Bertz CT molecular complexity index is 1030. The van der Waals surface area contributed by atoms with Crippen molar-refractivity contribution in [2.45, 2.75) is 24.2 Å². The number of carbonyl (C=O) groups excluding carboxylic acids is 1. The third kappa shape index (κ3) is 4.43. The summed E-state index contributed by atoms with van der Waals surface area (Å²) in [4.78, 5) is 15.2. The molecule has 4 rings (SSSR count). The van der Waals surface area contributed by atoms with Crippen LogP contribution in [0.1, 0.15) is 29.8 Å². The van der Waals surface area contributed by atoms with E-state index in [1.807, 2.05) is 12.1 Å². The van der Waals surface area contributed by atoms with Crippen molar-refractivity contribution in [3.05, 3.63) is 46.7 Å². The van der Waals surface area contributed by atoms with Gasteiger partial charge in [-0.25, -0.2) is 8.42 Å². The van der Waals surface area contributed by atoms with Crippen LogP contribution in [0.15, 0.2) is 45.9 Å². The zero-order valence-electron chi connectivity index (χ0n) is 17.1. The van der Waals surface area contributed by atoms with Crippen LogP contribution in [0.5, 0.6) is 0 Å². The number of hydrogen-bond donors (Lipinski definition) is 1. The lowest BCUT2D eigenvalue weighted by atomic mass is 10.1. The zero-order chi connectivity index (χ0) is 21.3. The van der Waals surface area contributed by atoms with E-state index in [4.69, 9.17) is 0 Å². The first-order valence-electron chi connectivity index (χ1n) is 10.3. The second-order valence-corrected chi connectivity index (χ2v) is 10.9.